The van der Waals surface area contributed by atoms with Crippen LogP contribution in [0.5, 0.6) is 0 Å². The van der Waals surface area contributed by atoms with Crippen LogP contribution < -0.4 is 5.32 Å². The van der Waals surface area contributed by atoms with Gasteiger partial charge in [0.05, 0.1) is 11.1 Å². The van der Waals surface area contributed by atoms with Gasteiger partial charge in [0.2, 0.25) is 5.91 Å². The van der Waals surface area contributed by atoms with Gasteiger partial charge in [0.1, 0.15) is 5.76 Å². The molecule has 1 aromatic heterocycles. The molecule has 3 aliphatic carbocycles. The Morgan fingerprint density at radius 3 is 2.80 bits per heavy atom. The molecule has 0 saturated carbocycles. The molecule has 0 aliphatic heterocycles. The van der Waals surface area contributed by atoms with Gasteiger partial charge in [0.25, 0.3) is 0 Å². The predicted molar refractivity (Wildman–Crippen MR) is 144 cm³/mol. The highest BCUT2D eigenvalue weighted by Crippen LogP contribution is 2.45. The Kier molecular flexibility index (Phi) is 6.79. The van der Waals surface area contributed by atoms with Crippen molar-refractivity contribution in [3.05, 3.63) is 88.2 Å². The van der Waals surface area contributed by atoms with E-state index in [0.29, 0.717) is 10.9 Å². The number of aromatic nitrogens is 1. The number of nitrogens with zero attached hydrogens (tertiary/aromatic N) is 1. The lowest BCUT2D eigenvalue weighted by Crippen LogP contribution is -2.42. The van der Waals surface area contributed by atoms with Gasteiger partial charge in [-0.2, -0.15) is 0 Å². The van der Waals surface area contributed by atoms with Crippen LogP contribution in [-0.2, 0) is 11.2 Å². The van der Waals surface area contributed by atoms with Crippen molar-refractivity contribution in [2.45, 2.75) is 58.8 Å². The third-order valence-corrected chi connectivity index (χ3v) is 8.43. The van der Waals surface area contributed by atoms with Gasteiger partial charge in [-0.3, -0.25) is 4.79 Å². The molecule has 1 aromatic carbocycles. The molecule has 182 valence electrons. The van der Waals surface area contributed by atoms with Gasteiger partial charge < -0.3 is 10.4 Å². The molecule has 0 radical (unpaired) electrons. The molecule has 0 bridgehead atoms. The molecule has 2 atom stereocenters. The average molecular weight is 487 g/mol. The number of hydrogen-bond donors (Lipinski definition) is 2. The molecular weight excluding hydrogens is 452 g/mol. The number of aryl methyl sites for hydroxylation is 1. The molecule has 5 heteroatoms. The molecule has 35 heavy (non-hydrogen) atoms. The first-order valence-corrected chi connectivity index (χ1v) is 13.6. The number of carbonyl (C=O) groups is 1. The van der Waals surface area contributed by atoms with Crippen molar-refractivity contribution in [3.8, 4) is 0 Å². The number of nitrogens with one attached hydrogen (secondary N) is 1. The normalized spacial score (nSPS) is 20.9. The van der Waals surface area contributed by atoms with Gasteiger partial charge in [0.15, 0.2) is 5.13 Å². The van der Waals surface area contributed by atoms with Crippen LogP contribution in [0.4, 0.5) is 5.13 Å². The number of aliphatic hydroxyl groups is 1. The summed E-state index contributed by atoms with van der Waals surface area (Å²) in [5.41, 5.74) is 5.19. The van der Waals surface area contributed by atoms with Crippen molar-refractivity contribution in [1.29, 1.82) is 0 Å². The minimum atomic E-state index is -0.654. The average Bonchev–Trinajstić information content (AvgIpc) is 3.32. The zero-order valence-electron chi connectivity index (χ0n) is 20.6. The number of benzene rings is 1. The van der Waals surface area contributed by atoms with Gasteiger partial charge in [-0.05, 0) is 74.1 Å². The standard InChI is InChI=1S/C30H34N2O2S/c1-30(2,27(21-11-4-3-5-12-21)22-14-8-15-23(33)18-22)28(34)32-29-31-26(19-35-29)25-17-9-13-20-10-6-7-16-24(20)25/h4,6-7,10-11,15-19,21,27,33H,3,5,8-9,12-14H2,1-2H3,(H,31,32,34). The zero-order chi connectivity index (χ0) is 24.4. The Hall–Kier alpha value is -2.92. The van der Waals surface area contributed by atoms with E-state index in [1.165, 1.54) is 28.0 Å². The van der Waals surface area contributed by atoms with Gasteiger partial charge in [-0.15, -0.1) is 11.3 Å². The zero-order valence-corrected chi connectivity index (χ0v) is 21.4. The minimum Gasteiger partial charge on any atom is -0.508 e. The van der Waals surface area contributed by atoms with E-state index in [4.69, 9.17) is 4.98 Å². The summed E-state index contributed by atoms with van der Waals surface area (Å²) < 4.78 is 0. The Balaban J connectivity index is 1.39. The number of amides is 1. The summed E-state index contributed by atoms with van der Waals surface area (Å²) in [6, 6.07) is 8.51. The summed E-state index contributed by atoms with van der Waals surface area (Å²) in [4.78, 5) is 18.6. The first-order chi connectivity index (χ1) is 16.9. The van der Waals surface area contributed by atoms with Crippen molar-refractivity contribution in [2.75, 3.05) is 5.32 Å². The number of carbonyl (C=O) groups excluding carboxylic acids is 1. The summed E-state index contributed by atoms with van der Waals surface area (Å²) in [6.45, 7) is 4.08. The fraction of sp³-hybridized carbons (Fsp3) is 0.400. The second kappa shape index (κ2) is 9.98. The van der Waals surface area contributed by atoms with Crippen molar-refractivity contribution in [2.24, 2.45) is 17.3 Å². The molecule has 4 nitrogen and oxygen atoms in total. The first-order valence-electron chi connectivity index (χ1n) is 12.8. The Morgan fingerprint density at radius 2 is 2.00 bits per heavy atom. The fourth-order valence-electron chi connectivity index (χ4n) is 5.92. The second-order valence-corrected chi connectivity index (χ2v) is 11.3. The Labute approximate surface area is 212 Å². The van der Waals surface area contributed by atoms with E-state index in [2.05, 4.69) is 47.8 Å². The predicted octanol–water partition coefficient (Wildman–Crippen LogP) is 7.62. The maximum Gasteiger partial charge on any atom is 0.232 e. The number of anilines is 1. The lowest BCUT2D eigenvalue weighted by Gasteiger charge is -2.40. The molecule has 0 spiro atoms. The van der Waals surface area contributed by atoms with E-state index in [1.54, 1.807) is 0 Å². The molecule has 2 unspecified atom stereocenters. The summed E-state index contributed by atoms with van der Waals surface area (Å²) >= 11 is 1.48. The minimum absolute atomic E-state index is 0.0182. The molecule has 0 saturated heterocycles. The largest absolute Gasteiger partial charge is 0.508 e. The van der Waals surface area contributed by atoms with Crippen molar-refractivity contribution in [1.82, 2.24) is 4.98 Å². The van der Waals surface area contributed by atoms with Crippen LogP contribution in [-0.4, -0.2) is 16.0 Å². The summed E-state index contributed by atoms with van der Waals surface area (Å²) in [5.74, 6) is 0.618. The monoisotopic (exact) mass is 486 g/mol. The lowest BCUT2D eigenvalue weighted by molar-refractivity contribution is -0.126. The number of fused-ring (bicyclic) bond motifs is 1. The lowest BCUT2D eigenvalue weighted by atomic mass is 9.64. The number of allylic oxidation sites excluding steroid dienone is 6. The van der Waals surface area contributed by atoms with E-state index in [9.17, 15) is 9.90 Å². The number of aliphatic hydroxyl groups excluding tert-OH is 1. The topological polar surface area (TPSA) is 62.2 Å². The first kappa shape index (κ1) is 23.8. The Morgan fingerprint density at radius 1 is 1.17 bits per heavy atom. The van der Waals surface area contributed by atoms with Crippen LogP contribution in [0, 0.1) is 17.3 Å². The number of rotatable bonds is 6. The van der Waals surface area contributed by atoms with Crippen molar-refractivity contribution >= 4 is 27.9 Å². The van der Waals surface area contributed by atoms with E-state index >= 15 is 0 Å². The van der Waals surface area contributed by atoms with Gasteiger partial charge >= 0.3 is 0 Å². The highest BCUT2D eigenvalue weighted by molar-refractivity contribution is 7.14. The van der Waals surface area contributed by atoms with Crippen LogP contribution in [0.2, 0.25) is 0 Å². The maximum atomic E-state index is 13.7. The smallest absolute Gasteiger partial charge is 0.232 e. The van der Waals surface area contributed by atoms with E-state index < -0.39 is 5.41 Å². The highest BCUT2D eigenvalue weighted by atomic mass is 32.1. The second-order valence-electron chi connectivity index (χ2n) is 10.4. The third kappa shape index (κ3) is 4.92. The summed E-state index contributed by atoms with van der Waals surface area (Å²) in [5, 5.41) is 16.0. The summed E-state index contributed by atoms with van der Waals surface area (Å²) in [6.07, 6.45) is 17.6. The molecule has 1 amide bonds. The van der Waals surface area contributed by atoms with Crippen molar-refractivity contribution in [3.63, 3.8) is 0 Å². The van der Waals surface area contributed by atoms with E-state index in [0.717, 1.165) is 56.2 Å². The molecule has 5 rings (SSSR count). The maximum absolute atomic E-state index is 13.7. The van der Waals surface area contributed by atoms with Gasteiger partial charge in [-0.25, -0.2) is 4.98 Å². The molecule has 1 heterocycles. The van der Waals surface area contributed by atoms with Crippen LogP contribution in [0.25, 0.3) is 5.57 Å². The quantitative estimate of drug-likeness (QED) is 0.413. The SMILES string of the molecule is CC(C)(C(=O)Nc1nc(C2=CCCc3ccccc32)cs1)C(C1=CC(O)=CCC1)C1C=CCCC1. The van der Waals surface area contributed by atoms with Crippen molar-refractivity contribution < 1.29 is 9.90 Å². The molecule has 0 fully saturated rings. The van der Waals surface area contributed by atoms with Crippen LogP contribution in [0.15, 0.2) is 71.4 Å². The third-order valence-electron chi connectivity index (χ3n) is 7.67. The fourth-order valence-corrected chi connectivity index (χ4v) is 6.63. The molecule has 3 aliphatic rings. The van der Waals surface area contributed by atoms with E-state index in [-0.39, 0.29) is 17.7 Å². The number of hydrogen-bond acceptors (Lipinski definition) is 4. The van der Waals surface area contributed by atoms with Crippen LogP contribution in [0.3, 0.4) is 0 Å². The summed E-state index contributed by atoms with van der Waals surface area (Å²) in [7, 11) is 0. The van der Waals surface area contributed by atoms with Gasteiger partial charge in [0, 0.05) is 16.9 Å². The number of thiazole rings is 1. The Bertz CT molecular complexity index is 1230. The van der Waals surface area contributed by atoms with Crippen LogP contribution in [0.1, 0.15) is 69.2 Å². The molecule has 2 aromatic rings. The highest BCUT2D eigenvalue weighted by Gasteiger charge is 2.43. The molecular formula is C30H34N2O2S. The van der Waals surface area contributed by atoms with Gasteiger partial charge in [-0.1, -0.05) is 61.9 Å². The van der Waals surface area contributed by atoms with Crippen LogP contribution >= 0.6 is 11.3 Å². The molecule has 2 N–H and O–H groups in total. The van der Waals surface area contributed by atoms with E-state index in [1.807, 2.05) is 31.4 Å².